The summed E-state index contributed by atoms with van der Waals surface area (Å²) in [6.45, 7) is 0. The third-order valence-corrected chi connectivity index (χ3v) is 2.10. The number of hydrogen-bond donors (Lipinski definition) is 1. The molecule has 0 amide bonds. The van der Waals surface area contributed by atoms with Gasteiger partial charge in [0.15, 0.2) is 5.60 Å². The highest BCUT2D eigenvalue weighted by atomic mass is 16.5. The van der Waals surface area contributed by atoms with Crippen molar-refractivity contribution in [2.24, 2.45) is 5.92 Å². The van der Waals surface area contributed by atoms with E-state index >= 15 is 0 Å². The van der Waals surface area contributed by atoms with Crippen LogP contribution < -0.4 is 0 Å². The molecule has 0 aromatic carbocycles. The van der Waals surface area contributed by atoms with Crippen molar-refractivity contribution in [2.75, 3.05) is 7.11 Å². The number of ether oxygens (including phenoxy) is 1. The molecule has 0 unspecified atom stereocenters. The predicted octanol–water partition coefficient (Wildman–Crippen LogP) is 0.390. The topological polar surface area (TPSA) is 70.3 Å². The van der Waals surface area contributed by atoms with Crippen LogP contribution in [-0.2, 0) is 9.53 Å². The normalized spacial score (nSPS) is 35.5. The molecule has 11 heavy (non-hydrogen) atoms. The number of aliphatic carboxylic acids is 1. The van der Waals surface area contributed by atoms with Crippen LogP contribution in [0.5, 0.6) is 0 Å². The summed E-state index contributed by atoms with van der Waals surface area (Å²) in [5.41, 5.74) is -0.816. The molecule has 1 fully saturated rings. The van der Waals surface area contributed by atoms with Gasteiger partial charge in [-0.3, -0.25) is 4.79 Å². The molecule has 0 aliphatic heterocycles. The average molecular weight is 155 g/mol. The highest BCUT2D eigenvalue weighted by Gasteiger charge is 2.48. The lowest BCUT2D eigenvalue weighted by molar-refractivity contribution is -0.155. The van der Waals surface area contributed by atoms with Crippen LogP contribution >= 0.6 is 0 Å². The number of nitriles is 1. The molecule has 1 saturated carbocycles. The minimum absolute atomic E-state index is 0.315. The van der Waals surface area contributed by atoms with Gasteiger partial charge in [0.1, 0.15) is 0 Å². The molecular formula is C7H9NO3. The zero-order valence-corrected chi connectivity index (χ0v) is 6.20. The molecule has 0 atom stereocenters. The summed E-state index contributed by atoms with van der Waals surface area (Å²) in [5, 5.41) is 17.1. The highest BCUT2D eigenvalue weighted by Crippen LogP contribution is 2.39. The van der Waals surface area contributed by atoms with Crippen molar-refractivity contribution in [3.63, 3.8) is 0 Å². The zero-order chi connectivity index (χ0) is 8.48. The Hall–Kier alpha value is -1.08. The Morgan fingerprint density at radius 1 is 1.82 bits per heavy atom. The Labute approximate surface area is 64.4 Å². The first kappa shape index (κ1) is 8.02. The molecule has 4 heteroatoms. The number of carboxylic acids is 1. The average Bonchev–Trinajstić information content (AvgIpc) is 1.87. The van der Waals surface area contributed by atoms with Gasteiger partial charge in [0.2, 0.25) is 0 Å². The van der Waals surface area contributed by atoms with Crippen molar-refractivity contribution in [1.29, 1.82) is 5.26 Å². The monoisotopic (exact) mass is 155 g/mol. The molecule has 1 N–H and O–H groups in total. The molecule has 4 nitrogen and oxygen atoms in total. The van der Waals surface area contributed by atoms with Crippen LogP contribution in [0.15, 0.2) is 0 Å². The number of carboxylic acid groups (broad SMARTS) is 1. The summed E-state index contributed by atoms with van der Waals surface area (Å²) in [6.07, 6.45) is 0.630. The van der Waals surface area contributed by atoms with Crippen LogP contribution in [0, 0.1) is 17.2 Å². The summed E-state index contributed by atoms with van der Waals surface area (Å²) in [7, 11) is 1.43. The lowest BCUT2D eigenvalue weighted by Gasteiger charge is -2.38. The smallest absolute Gasteiger partial charge is 0.306 e. The van der Waals surface area contributed by atoms with Crippen molar-refractivity contribution < 1.29 is 14.6 Å². The molecule has 1 aliphatic carbocycles. The number of rotatable bonds is 2. The number of carbonyl (C=O) groups is 1. The quantitative estimate of drug-likeness (QED) is 0.626. The first-order valence-corrected chi connectivity index (χ1v) is 3.33. The molecule has 60 valence electrons. The molecule has 0 aromatic rings. The van der Waals surface area contributed by atoms with Crippen molar-refractivity contribution in [2.45, 2.75) is 18.4 Å². The molecule has 0 heterocycles. The van der Waals surface area contributed by atoms with Gasteiger partial charge < -0.3 is 9.84 Å². The molecule has 0 spiro atoms. The van der Waals surface area contributed by atoms with E-state index in [1.807, 2.05) is 6.07 Å². The predicted molar refractivity (Wildman–Crippen MR) is 35.7 cm³/mol. The van der Waals surface area contributed by atoms with Gasteiger partial charge in [0.05, 0.1) is 12.0 Å². The maximum Gasteiger partial charge on any atom is 0.306 e. The molecule has 0 radical (unpaired) electrons. The molecule has 0 aromatic heterocycles. The SMILES string of the molecule is CO[C@]1(C#N)C[C@@H](C(=O)O)C1. The van der Waals surface area contributed by atoms with Crippen molar-refractivity contribution >= 4 is 5.97 Å². The van der Waals surface area contributed by atoms with E-state index in [0.717, 1.165) is 0 Å². The third-order valence-electron chi connectivity index (χ3n) is 2.10. The second-order valence-electron chi connectivity index (χ2n) is 2.75. The summed E-state index contributed by atoms with van der Waals surface area (Å²) in [5.74, 6) is -1.23. The third kappa shape index (κ3) is 1.19. The summed E-state index contributed by atoms with van der Waals surface area (Å²) in [6, 6.07) is 1.96. The van der Waals surface area contributed by atoms with Crippen LogP contribution in [-0.4, -0.2) is 23.8 Å². The van der Waals surface area contributed by atoms with E-state index in [4.69, 9.17) is 15.1 Å². The summed E-state index contributed by atoms with van der Waals surface area (Å²) < 4.78 is 4.88. The van der Waals surface area contributed by atoms with Crippen molar-refractivity contribution in [3.8, 4) is 6.07 Å². The lowest BCUT2D eigenvalue weighted by Crippen LogP contribution is -2.47. The fourth-order valence-corrected chi connectivity index (χ4v) is 1.21. The number of hydrogen-bond acceptors (Lipinski definition) is 3. The van der Waals surface area contributed by atoms with E-state index in [2.05, 4.69) is 0 Å². The highest BCUT2D eigenvalue weighted by molar-refractivity contribution is 5.72. The molecule has 1 rings (SSSR count). The Bertz CT molecular complexity index is 212. The van der Waals surface area contributed by atoms with Gasteiger partial charge in [-0.25, -0.2) is 0 Å². The fourth-order valence-electron chi connectivity index (χ4n) is 1.21. The van der Waals surface area contributed by atoms with Crippen LogP contribution in [0.3, 0.4) is 0 Å². The number of nitrogens with zero attached hydrogens (tertiary/aromatic N) is 1. The van der Waals surface area contributed by atoms with Gasteiger partial charge in [0.25, 0.3) is 0 Å². The molecule has 0 bridgehead atoms. The largest absolute Gasteiger partial charge is 0.481 e. The van der Waals surface area contributed by atoms with E-state index in [1.165, 1.54) is 7.11 Å². The minimum Gasteiger partial charge on any atom is -0.481 e. The van der Waals surface area contributed by atoms with Crippen LogP contribution in [0.2, 0.25) is 0 Å². The second-order valence-corrected chi connectivity index (χ2v) is 2.75. The zero-order valence-electron chi connectivity index (χ0n) is 6.20. The Morgan fingerprint density at radius 3 is 2.64 bits per heavy atom. The Kier molecular flexibility index (Phi) is 1.83. The van der Waals surface area contributed by atoms with E-state index < -0.39 is 17.5 Å². The molecule has 1 aliphatic rings. The summed E-state index contributed by atoms with van der Waals surface area (Å²) in [4.78, 5) is 10.3. The van der Waals surface area contributed by atoms with Crippen LogP contribution in [0.1, 0.15) is 12.8 Å². The van der Waals surface area contributed by atoms with Gasteiger partial charge in [0, 0.05) is 20.0 Å². The first-order chi connectivity index (χ1) is 5.13. The van der Waals surface area contributed by atoms with E-state index in [9.17, 15) is 4.79 Å². The minimum atomic E-state index is -0.840. The number of methoxy groups -OCH3 is 1. The lowest BCUT2D eigenvalue weighted by atomic mass is 9.72. The van der Waals surface area contributed by atoms with E-state index in [-0.39, 0.29) is 0 Å². The van der Waals surface area contributed by atoms with E-state index in [0.29, 0.717) is 12.8 Å². The van der Waals surface area contributed by atoms with Crippen LogP contribution in [0.25, 0.3) is 0 Å². The Morgan fingerprint density at radius 2 is 2.36 bits per heavy atom. The van der Waals surface area contributed by atoms with Gasteiger partial charge in [-0.05, 0) is 0 Å². The van der Waals surface area contributed by atoms with Gasteiger partial charge in [-0.2, -0.15) is 5.26 Å². The molecular weight excluding hydrogens is 146 g/mol. The standard InChI is InChI=1S/C7H9NO3/c1-11-7(4-8)2-5(3-7)6(9)10/h5H,2-3H2,1H3,(H,9,10)/t5-,7-. The summed E-state index contributed by atoms with van der Waals surface area (Å²) >= 11 is 0. The van der Waals surface area contributed by atoms with Crippen molar-refractivity contribution in [3.05, 3.63) is 0 Å². The van der Waals surface area contributed by atoms with Crippen LogP contribution in [0.4, 0.5) is 0 Å². The first-order valence-electron chi connectivity index (χ1n) is 3.33. The van der Waals surface area contributed by atoms with Gasteiger partial charge in [-0.1, -0.05) is 0 Å². The maximum atomic E-state index is 10.3. The Balaban J connectivity index is 2.50. The molecule has 0 saturated heterocycles. The van der Waals surface area contributed by atoms with Gasteiger partial charge in [-0.15, -0.1) is 0 Å². The van der Waals surface area contributed by atoms with Gasteiger partial charge >= 0.3 is 5.97 Å². The van der Waals surface area contributed by atoms with E-state index in [1.54, 1.807) is 0 Å². The maximum absolute atomic E-state index is 10.3. The second kappa shape index (κ2) is 2.51. The van der Waals surface area contributed by atoms with Crippen molar-refractivity contribution in [1.82, 2.24) is 0 Å². The fraction of sp³-hybridized carbons (Fsp3) is 0.714.